The van der Waals surface area contributed by atoms with Crippen molar-refractivity contribution in [1.29, 1.82) is 0 Å². The summed E-state index contributed by atoms with van der Waals surface area (Å²) in [4.78, 5) is 12.8. The third-order valence-corrected chi connectivity index (χ3v) is 3.52. The predicted octanol–water partition coefficient (Wildman–Crippen LogP) is 4.19. The third kappa shape index (κ3) is 3.70. The average Bonchev–Trinajstić information content (AvgIpc) is 2.42. The number of halogens is 1. The normalized spacial score (nSPS) is 10.3. The van der Waals surface area contributed by atoms with Crippen LogP contribution in [0.1, 0.15) is 16.8 Å². The van der Waals surface area contributed by atoms with Gasteiger partial charge in [0.05, 0.1) is 0 Å². The molecule has 92 valence electrons. The van der Waals surface area contributed by atoms with Crippen molar-refractivity contribution in [2.45, 2.75) is 11.3 Å². The van der Waals surface area contributed by atoms with Gasteiger partial charge in [0.1, 0.15) is 5.82 Å². The summed E-state index contributed by atoms with van der Waals surface area (Å²) in [6.45, 7) is 0. The van der Waals surface area contributed by atoms with E-state index in [4.69, 9.17) is 0 Å². The van der Waals surface area contributed by atoms with Crippen molar-refractivity contribution in [2.75, 3.05) is 5.75 Å². The Morgan fingerprint density at radius 3 is 2.33 bits per heavy atom. The lowest BCUT2D eigenvalue weighted by atomic mass is 10.1. The molecule has 2 aromatic carbocycles. The van der Waals surface area contributed by atoms with E-state index >= 15 is 0 Å². The van der Waals surface area contributed by atoms with Crippen LogP contribution in [-0.4, -0.2) is 11.5 Å². The number of thioether (sulfide) groups is 1. The zero-order valence-corrected chi connectivity index (χ0v) is 10.6. The molecule has 2 aromatic rings. The van der Waals surface area contributed by atoms with Gasteiger partial charge in [-0.05, 0) is 24.3 Å². The quantitative estimate of drug-likeness (QED) is 0.592. The van der Waals surface area contributed by atoms with Gasteiger partial charge in [0.15, 0.2) is 5.78 Å². The molecule has 0 spiro atoms. The maximum Gasteiger partial charge on any atom is 0.163 e. The molecule has 1 nitrogen and oxygen atoms in total. The van der Waals surface area contributed by atoms with E-state index in [9.17, 15) is 9.18 Å². The highest BCUT2D eigenvalue weighted by atomic mass is 32.2. The van der Waals surface area contributed by atoms with Crippen molar-refractivity contribution in [3.8, 4) is 0 Å². The molecule has 0 amide bonds. The fourth-order valence-electron chi connectivity index (χ4n) is 1.56. The highest BCUT2D eigenvalue weighted by Crippen LogP contribution is 2.19. The van der Waals surface area contributed by atoms with Gasteiger partial charge in [-0.25, -0.2) is 4.39 Å². The molecular formula is C15H13FOS. The maximum absolute atomic E-state index is 12.7. The molecule has 0 radical (unpaired) electrons. The molecule has 18 heavy (non-hydrogen) atoms. The van der Waals surface area contributed by atoms with Gasteiger partial charge in [0, 0.05) is 22.6 Å². The first-order valence-corrected chi connectivity index (χ1v) is 6.71. The second-order valence-electron chi connectivity index (χ2n) is 3.84. The Hall–Kier alpha value is -1.61. The largest absolute Gasteiger partial charge is 0.294 e. The van der Waals surface area contributed by atoms with E-state index in [-0.39, 0.29) is 11.6 Å². The minimum Gasteiger partial charge on any atom is -0.294 e. The Balaban J connectivity index is 1.82. The molecule has 0 N–H and O–H groups in total. The molecule has 0 fully saturated rings. The Bertz CT molecular complexity index is 508. The summed E-state index contributed by atoms with van der Waals surface area (Å²) in [5, 5.41) is 0. The average molecular weight is 260 g/mol. The zero-order valence-electron chi connectivity index (χ0n) is 9.80. The fourth-order valence-corrected chi connectivity index (χ4v) is 2.41. The van der Waals surface area contributed by atoms with Crippen LogP contribution < -0.4 is 0 Å². The minimum absolute atomic E-state index is 0.144. The third-order valence-electron chi connectivity index (χ3n) is 2.51. The van der Waals surface area contributed by atoms with Gasteiger partial charge in [0.2, 0.25) is 0 Å². The molecule has 0 heterocycles. The van der Waals surface area contributed by atoms with E-state index in [1.807, 2.05) is 30.3 Å². The van der Waals surface area contributed by atoms with E-state index in [0.717, 1.165) is 10.5 Å². The topological polar surface area (TPSA) is 17.1 Å². The van der Waals surface area contributed by atoms with Crippen molar-refractivity contribution in [1.82, 2.24) is 0 Å². The molecule has 3 heteroatoms. The lowest BCUT2D eigenvalue weighted by Crippen LogP contribution is -1.99. The predicted molar refractivity (Wildman–Crippen MR) is 72.5 cm³/mol. The number of ketones is 1. The van der Waals surface area contributed by atoms with Crippen molar-refractivity contribution < 1.29 is 9.18 Å². The SMILES string of the molecule is O=C(CCSc1ccc(F)cc1)c1ccccc1. The van der Waals surface area contributed by atoms with Crippen LogP contribution in [0.4, 0.5) is 4.39 Å². The molecule has 0 aliphatic heterocycles. The summed E-state index contributed by atoms with van der Waals surface area (Å²) in [5.74, 6) is 0.615. The van der Waals surface area contributed by atoms with Gasteiger partial charge in [-0.1, -0.05) is 30.3 Å². The van der Waals surface area contributed by atoms with E-state index in [1.165, 1.54) is 12.1 Å². The lowest BCUT2D eigenvalue weighted by Gasteiger charge is -2.02. The number of rotatable bonds is 5. The summed E-state index contributed by atoms with van der Waals surface area (Å²) in [5.41, 5.74) is 0.747. The first-order chi connectivity index (χ1) is 8.75. The van der Waals surface area contributed by atoms with Gasteiger partial charge in [0.25, 0.3) is 0 Å². The second kappa shape index (κ2) is 6.36. The Morgan fingerprint density at radius 1 is 1.00 bits per heavy atom. The summed E-state index contributed by atoms with van der Waals surface area (Å²) in [6.07, 6.45) is 0.492. The molecular weight excluding hydrogens is 247 g/mol. The van der Waals surface area contributed by atoms with Crippen molar-refractivity contribution in [3.63, 3.8) is 0 Å². The van der Waals surface area contributed by atoms with Crippen LogP contribution in [0, 0.1) is 5.82 Å². The number of Topliss-reactive ketones (excluding diaryl/α,β-unsaturated/α-hetero) is 1. The number of carbonyl (C=O) groups excluding carboxylic acids is 1. The molecule has 0 bridgehead atoms. The van der Waals surface area contributed by atoms with Gasteiger partial charge in [-0.3, -0.25) is 4.79 Å². The monoisotopic (exact) mass is 260 g/mol. The molecule has 2 rings (SSSR count). The molecule has 0 aromatic heterocycles. The van der Waals surface area contributed by atoms with Crippen LogP contribution in [0.2, 0.25) is 0 Å². The van der Waals surface area contributed by atoms with Crippen LogP contribution in [0.25, 0.3) is 0 Å². The molecule has 0 saturated heterocycles. The zero-order chi connectivity index (χ0) is 12.8. The highest BCUT2D eigenvalue weighted by molar-refractivity contribution is 7.99. The summed E-state index contributed by atoms with van der Waals surface area (Å²) < 4.78 is 12.7. The molecule has 0 atom stereocenters. The summed E-state index contributed by atoms with van der Waals surface area (Å²) >= 11 is 1.56. The van der Waals surface area contributed by atoms with Gasteiger partial charge in [-0.2, -0.15) is 0 Å². The fraction of sp³-hybridized carbons (Fsp3) is 0.133. The van der Waals surface area contributed by atoms with Crippen LogP contribution >= 0.6 is 11.8 Å². The van der Waals surface area contributed by atoms with Crippen molar-refractivity contribution in [3.05, 3.63) is 66.0 Å². The van der Waals surface area contributed by atoms with Gasteiger partial charge in [-0.15, -0.1) is 11.8 Å². The van der Waals surface area contributed by atoms with E-state index in [2.05, 4.69) is 0 Å². The molecule has 0 aliphatic rings. The second-order valence-corrected chi connectivity index (χ2v) is 5.01. The van der Waals surface area contributed by atoms with Crippen molar-refractivity contribution in [2.24, 2.45) is 0 Å². The number of hydrogen-bond acceptors (Lipinski definition) is 2. The number of hydrogen-bond donors (Lipinski definition) is 0. The standard InChI is InChI=1S/C15H13FOS/c16-13-6-8-14(9-7-13)18-11-10-15(17)12-4-2-1-3-5-12/h1-9H,10-11H2. The van der Waals surface area contributed by atoms with Gasteiger partial charge >= 0.3 is 0 Å². The highest BCUT2D eigenvalue weighted by Gasteiger charge is 2.04. The lowest BCUT2D eigenvalue weighted by molar-refractivity contribution is 0.0989. The smallest absolute Gasteiger partial charge is 0.163 e. The van der Waals surface area contributed by atoms with Crippen LogP contribution in [0.3, 0.4) is 0 Å². The Morgan fingerprint density at radius 2 is 1.67 bits per heavy atom. The van der Waals surface area contributed by atoms with Crippen molar-refractivity contribution >= 4 is 17.5 Å². The Kier molecular flexibility index (Phi) is 4.53. The van der Waals surface area contributed by atoms with Gasteiger partial charge < -0.3 is 0 Å². The van der Waals surface area contributed by atoms with Crippen LogP contribution in [0.5, 0.6) is 0 Å². The number of benzene rings is 2. The molecule has 0 unspecified atom stereocenters. The number of carbonyl (C=O) groups is 1. The first kappa shape index (κ1) is 12.8. The van der Waals surface area contributed by atoms with E-state index < -0.39 is 0 Å². The molecule has 0 aliphatic carbocycles. The minimum atomic E-state index is -0.236. The maximum atomic E-state index is 12.7. The van der Waals surface area contributed by atoms with E-state index in [1.54, 1.807) is 23.9 Å². The summed E-state index contributed by atoms with van der Waals surface area (Å²) in [6, 6.07) is 15.6. The van der Waals surface area contributed by atoms with Crippen LogP contribution in [0.15, 0.2) is 59.5 Å². The van der Waals surface area contributed by atoms with Crippen LogP contribution in [-0.2, 0) is 0 Å². The summed E-state index contributed by atoms with van der Waals surface area (Å²) in [7, 11) is 0. The Labute approximate surface area is 110 Å². The van der Waals surface area contributed by atoms with E-state index in [0.29, 0.717) is 12.2 Å². The molecule has 0 saturated carbocycles. The first-order valence-electron chi connectivity index (χ1n) is 5.72.